The molecule has 3 aliphatic rings. The second kappa shape index (κ2) is 9.98. The van der Waals surface area contributed by atoms with Gasteiger partial charge >= 0.3 is 5.97 Å². The van der Waals surface area contributed by atoms with E-state index in [1.165, 1.54) is 5.69 Å². The van der Waals surface area contributed by atoms with Gasteiger partial charge in [0.15, 0.2) is 0 Å². The molecule has 32 heavy (non-hydrogen) atoms. The Morgan fingerprint density at radius 1 is 1.16 bits per heavy atom. The highest BCUT2D eigenvalue weighted by atomic mass is 35.5. The second-order valence-electron chi connectivity index (χ2n) is 9.73. The predicted octanol–water partition coefficient (Wildman–Crippen LogP) is 2.34. The van der Waals surface area contributed by atoms with Crippen LogP contribution in [0.15, 0.2) is 24.3 Å². The molecule has 7 nitrogen and oxygen atoms in total. The minimum Gasteiger partial charge on any atom is -0.462 e. The number of anilines is 1. The Morgan fingerprint density at radius 3 is 2.53 bits per heavy atom. The number of likely N-dealkylation sites (N-methyl/N-ethyl adjacent to an activating group) is 1. The van der Waals surface area contributed by atoms with Crippen molar-refractivity contribution >= 4 is 29.2 Å². The number of piperazine rings is 1. The minimum absolute atomic E-state index is 0.00233. The minimum atomic E-state index is -0.384. The summed E-state index contributed by atoms with van der Waals surface area (Å²) >= 11 is 6.13. The van der Waals surface area contributed by atoms with Crippen molar-refractivity contribution in [1.82, 2.24) is 14.7 Å². The largest absolute Gasteiger partial charge is 0.462 e. The zero-order chi connectivity index (χ0) is 22.7. The Labute approximate surface area is 196 Å². The molecule has 8 heteroatoms. The number of amides is 1. The van der Waals surface area contributed by atoms with Crippen LogP contribution in [-0.4, -0.2) is 99.1 Å². The summed E-state index contributed by atoms with van der Waals surface area (Å²) in [6.45, 7) is 6.63. The fraction of sp³-hybridized carbons (Fsp3) is 0.667. The van der Waals surface area contributed by atoms with Gasteiger partial charge in [0.1, 0.15) is 6.10 Å². The smallest absolute Gasteiger partial charge is 0.312 e. The molecule has 0 bridgehead atoms. The van der Waals surface area contributed by atoms with Crippen molar-refractivity contribution in [3.05, 3.63) is 29.3 Å². The summed E-state index contributed by atoms with van der Waals surface area (Å²) < 4.78 is 5.81. The number of ether oxygens (including phenoxy) is 1. The monoisotopic (exact) mass is 462 g/mol. The number of nitrogens with zero attached hydrogens (tertiary/aromatic N) is 4. The van der Waals surface area contributed by atoms with Crippen molar-refractivity contribution in [3.8, 4) is 0 Å². The third-order valence-corrected chi connectivity index (χ3v) is 7.40. The molecule has 0 saturated carbocycles. The lowest BCUT2D eigenvalue weighted by Crippen LogP contribution is -2.47. The number of halogens is 1. The van der Waals surface area contributed by atoms with Crippen LogP contribution >= 0.6 is 11.6 Å². The van der Waals surface area contributed by atoms with Gasteiger partial charge in [-0.05, 0) is 51.6 Å². The van der Waals surface area contributed by atoms with Gasteiger partial charge in [-0.3, -0.25) is 14.5 Å². The van der Waals surface area contributed by atoms with E-state index in [-0.39, 0.29) is 23.4 Å². The Hall–Kier alpha value is -1.83. The topological polar surface area (TPSA) is 56.3 Å². The zero-order valence-corrected chi connectivity index (χ0v) is 20.0. The summed E-state index contributed by atoms with van der Waals surface area (Å²) in [6, 6.07) is 8.03. The third-order valence-electron chi connectivity index (χ3n) is 7.16. The van der Waals surface area contributed by atoms with Gasteiger partial charge in [-0.1, -0.05) is 17.7 Å². The van der Waals surface area contributed by atoms with Crippen LogP contribution in [0.25, 0.3) is 0 Å². The predicted molar refractivity (Wildman–Crippen MR) is 126 cm³/mol. The van der Waals surface area contributed by atoms with E-state index in [2.05, 4.69) is 15.9 Å². The maximum Gasteiger partial charge on any atom is 0.312 e. The summed E-state index contributed by atoms with van der Waals surface area (Å²) in [6.07, 6.45) is 3.12. The molecule has 1 spiro atoms. The lowest BCUT2D eigenvalue weighted by molar-refractivity contribution is -0.152. The van der Waals surface area contributed by atoms with Crippen molar-refractivity contribution in [2.75, 3.05) is 71.4 Å². The normalized spacial score (nSPS) is 23.8. The molecule has 0 radical (unpaired) electrons. The van der Waals surface area contributed by atoms with E-state index in [1.807, 2.05) is 42.1 Å². The molecule has 0 N–H and O–H groups in total. The number of esters is 1. The number of hydrogen-bond acceptors (Lipinski definition) is 6. The van der Waals surface area contributed by atoms with Crippen LogP contribution < -0.4 is 4.90 Å². The van der Waals surface area contributed by atoms with E-state index in [0.29, 0.717) is 19.6 Å². The highest BCUT2D eigenvalue weighted by Gasteiger charge is 2.50. The summed E-state index contributed by atoms with van der Waals surface area (Å²) in [5.74, 6) is 0.0951. The van der Waals surface area contributed by atoms with Gasteiger partial charge in [-0.2, -0.15) is 0 Å². The number of hydrogen-bond donors (Lipinski definition) is 0. The molecule has 176 valence electrons. The van der Waals surface area contributed by atoms with Gasteiger partial charge in [0.25, 0.3) is 0 Å². The molecule has 3 saturated heterocycles. The summed E-state index contributed by atoms with van der Waals surface area (Å²) in [7, 11) is 3.80. The van der Waals surface area contributed by atoms with Gasteiger partial charge in [0, 0.05) is 62.9 Å². The molecule has 3 aliphatic heterocycles. The molecular formula is C24H35ClN4O3. The first-order valence-electron chi connectivity index (χ1n) is 11.7. The van der Waals surface area contributed by atoms with Gasteiger partial charge in [0.05, 0.1) is 12.0 Å². The molecule has 4 rings (SSSR count). The first-order chi connectivity index (χ1) is 15.3. The van der Waals surface area contributed by atoms with Crippen LogP contribution in [-0.2, 0) is 14.3 Å². The van der Waals surface area contributed by atoms with Gasteiger partial charge in [0.2, 0.25) is 5.91 Å². The molecule has 0 aliphatic carbocycles. The molecule has 0 aromatic heterocycles. The second-order valence-corrected chi connectivity index (χ2v) is 10.2. The van der Waals surface area contributed by atoms with Crippen molar-refractivity contribution in [2.45, 2.75) is 31.8 Å². The SMILES string of the molecule is CN(C)CC(=O)N1CCC2(CC1)C[C@H](CCN1CCN(c3cccc(Cl)c3)CC1)OC2=O. The standard InChI is InChI=1S/C24H35ClN4O3/c1-26(2)18-22(30)29-10-7-24(8-11-29)17-21(32-23(24)31)6-9-27-12-14-28(15-13-27)20-5-3-4-19(25)16-20/h3-5,16,21H,6-15,17-18H2,1-2H3/t21-/m0/s1. The van der Waals surface area contributed by atoms with Crippen molar-refractivity contribution in [2.24, 2.45) is 5.41 Å². The maximum absolute atomic E-state index is 12.7. The number of likely N-dealkylation sites (tertiary alicyclic amines) is 1. The van der Waals surface area contributed by atoms with E-state index < -0.39 is 0 Å². The van der Waals surface area contributed by atoms with Crippen LogP contribution in [0.5, 0.6) is 0 Å². The average molecular weight is 463 g/mol. The average Bonchev–Trinajstić information content (AvgIpc) is 3.07. The van der Waals surface area contributed by atoms with E-state index >= 15 is 0 Å². The van der Waals surface area contributed by atoms with E-state index in [1.54, 1.807) is 0 Å². The zero-order valence-electron chi connectivity index (χ0n) is 19.3. The maximum atomic E-state index is 12.7. The number of rotatable bonds is 6. The van der Waals surface area contributed by atoms with Crippen molar-refractivity contribution in [3.63, 3.8) is 0 Å². The van der Waals surface area contributed by atoms with E-state index in [9.17, 15) is 9.59 Å². The fourth-order valence-electron chi connectivity index (χ4n) is 5.19. The highest BCUT2D eigenvalue weighted by molar-refractivity contribution is 6.30. The molecule has 1 atom stereocenters. The number of carbonyl (C=O) groups excluding carboxylic acids is 2. The van der Waals surface area contributed by atoms with Gasteiger partial charge in [-0.15, -0.1) is 0 Å². The fourth-order valence-corrected chi connectivity index (χ4v) is 5.37. The number of piperidine rings is 1. The molecule has 0 unspecified atom stereocenters. The Balaban J connectivity index is 1.21. The molecule has 3 fully saturated rings. The van der Waals surface area contributed by atoms with E-state index in [0.717, 1.165) is 63.4 Å². The molecule has 3 heterocycles. The van der Waals surface area contributed by atoms with Crippen molar-refractivity contribution < 1.29 is 14.3 Å². The third kappa shape index (κ3) is 5.38. The van der Waals surface area contributed by atoms with E-state index in [4.69, 9.17) is 16.3 Å². The number of cyclic esters (lactones) is 1. The van der Waals surface area contributed by atoms with Crippen molar-refractivity contribution in [1.29, 1.82) is 0 Å². The molecular weight excluding hydrogens is 428 g/mol. The molecule has 1 aromatic carbocycles. The lowest BCUT2D eigenvalue weighted by atomic mass is 9.75. The number of carbonyl (C=O) groups is 2. The number of benzene rings is 1. The van der Waals surface area contributed by atoms with Crippen LogP contribution in [0.3, 0.4) is 0 Å². The summed E-state index contributed by atoms with van der Waals surface area (Å²) in [5, 5.41) is 0.773. The lowest BCUT2D eigenvalue weighted by Gasteiger charge is -2.37. The Kier molecular flexibility index (Phi) is 7.27. The quantitative estimate of drug-likeness (QED) is 0.605. The highest BCUT2D eigenvalue weighted by Crippen LogP contribution is 2.44. The van der Waals surface area contributed by atoms with Crippen LogP contribution in [0.4, 0.5) is 5.69 Å². The molecule has 1 amide bonds. The van der Waals surface area contributed by atoms with Crippen LogP contribution in [0.1, 0.15) is 25.7 Å². The van der Waals surface area contributed by atoms with Gasteiger partial charge < -0.3 is 19.4 Å². The van der Waals surface area contributed by atoms with Crippen LogP contribution in [0, 0.1) is 5.41 Å². The summed E-state index contributed by atoms with van der Waals surface area (Å²) in [4.78, 5) is 33.7. The van der Waals surface area contributed by atoms with Crippen LogP contribution in [0.2, 0.25) is 5.02 Å². The van der Waals surface area contributed by atoms with Gasteiger partial charge in [-0.25, -0.2) is 0 Å². The first-order valence-corrected chi connectivity index (χ1v) is 12.1. The molecule has 1 aromatic rings. The Morgan fingerprint density at radius 2 is 1.88 bits per heavy atom. The Bertz CT molecular complexity index is 817. The first kappa shape index (κ1) is 23.3. The summed E-state index contributed by atoms with van der Waals surface area (Å²) in [5.41, 5.74) is 0.796.